The summed E-state index contributed by atoms with van der Waals surface area (Å²) in [6.45, 7) is 14.9. The molecule has 0 atom stereocenters. The van der Waals surface area contributed by atoms with Crippen LogP contribution in [0.4, 0.5) is 0 Å². The molecule has 0 unspecified atom stereocenters. The molecule has 1 aromatic carbocycles. The molecule has 6 nitrogen and oxygen atoms in total. The fraction of sp³-hybridized carbons (Fsp3) is 0.545. The highest BCUT2D eigenvalue weighted by molar-refractivity contribution is 7.58. The lowest BCUT2D eigenvalue weighted by Gasteiger charge is -2.29. The summed E-state index contributed by atoms with van der Waals surface area (Å²) in [4.78, 5) is 0. The van der Waals surface area contributed by atoms with E-state index in [1.165, 1.54) is 11.6 Å². The monoisotopic (exact) mass is 454 g/mol. The van der Waals surface area contributed by atoms with Gasteiger partial charge in [0, 0.05) is 11.6 Å². The molecule has 166 valence electrons. The van der Waals surface area contributed by atoms with E-state index in [0.717, 1.165) is 11.1 Å². The van der Waals surface area contributed by atoms with Gasteiger partial charge >= 0.3 is 15.2 Å². The first-order chi connectivity index (χ1) is 13.5. The molecule has 3 rings (SSSR count). The lowest BCUT2D eigenvalue weighted by atomic mass is 9.90. The third-order valence-electron chi connectivity index (χ3n) is 6.16. The number of benzene rings is 1. The Morgan fingerprint density at radius 2 is 0.800 bits per heavy atom. The van der Waals surface area contributed by atoms with Gasteiger partial charge in [0.15, 0.2) is 0 Å². The highest BCUT2D eigenvalue weighted by atomic mass is 31.2. The highest BCUT2D eigenvalue weighted by Crippen LogP contribution is 2.66. The van der Waals surface area contributed by atoms with Crippen molar-refractivity contribution in [2.45, 2.75) is 77.8 Å². The fourth-order valence-electron chi connectivity index (χ4n) is 2.94. The third kappa shape index (κ3) is 4.60. The predicted octanol–water partition coefficient (Wildman–Crippen LogP) is 7.22. The summed E-state index contributed by atoms with van der Waals surface area (Å²) in [6.07, 6.45) is 3.45. The Morgan fingerprint density at radius 3 is 1.03 bits per heavy atom. The molecule has 2 aliphatic heterocycles. The summed E-state index contributed by atoms with van der Waals surface area (Å²) in [6, 6.07) is 7.48. The SMILES string of the molecule is CC1(C)OP(=O)(/C=C/c2ccc(/C=C/P3(=O)OC(C)(C)C(C)(C)O3)cc2)OC1(C)C. The van der Waals surface area contributed by atoms with Crippen molar-refractivity contribution in [3.05, 3.63) is 47.0 Å². The van der Waals surface area contributed by atoms with Crippen LogP contribution in [0.15, 0.2) is 35.9 Å². The van der Waals surface area contributed by atoms with Gasteiger partial charge in [0.25, 0.3) is 0 Å². The van der Waals surface area contributed by atoms with Crippen molar-refractivity contribution in [2.24, 2.45) is 0 Å². The van der Waals surface area contributed by atoms with Gasteiger partial charge in [-0.15, -0.1) is 0 Å². The van der Waals surface area contributed by atoms with Crippen LogP contribution in [0.25, 0.3) is 12.2 Å². The summed E-state index contributed by atoms with van der Waals surface area (Å²) in [7, 11) is -6.63. The van der Waals surface area contributed by atoms with Crippen molar-refractivity contribution < 1.29 is 27.2 Å². The van der Waals surface area contributed by atoms with E-state index < -0.39 is 37.6 Å². The minimum absolute atomic E-state index is 0.646. The average Bonchev–Trinajstić information content (AvgIpc) is 2.84. The van der Waals surface area contributed by atoms with Gasteiger partial charge in [0.2, 0.25) is 0 Å². The molecule has 0 amide bonds. The Labute approximate surface area is 179 Å². The van der Waals surface area contributed by atoms with Crippen LogP contribution < -0.4 is 0 Å². The summed E-state index contributed by atoms with van der Waals surface area (Å²) >= 11 is 0. The molecular weight excluding hydrogens is 422 g/mol. The fourth-order valence-corrected chi connectivity index (χ4v) is 7.40. The molecule has 0 spiro atoms. The van der Waals surface area contributed by atoms with Crippen LogP contribution in [0.2, 0.25) is 0 Å². The molecule has 0 N–H and O–H groups in total. The molecule has 0 saturated carbocycles. The average molecular weight is 454 g/mol. The second kappa shape index (κ2) is 7.27. The van der Waals surface area contributed by atoms with Crippen LogP contribution >= 0.6 is 15.2 Å². The van der Waals surface area contributed by atoms with Crippen molar-refractivity contribution in [3.8, 4) is 0 Å². The van der Waals surface area contributed by atoms with Crippen LogP contribution in [-0.4, -0.2) is 22.4 Å². The molecule has 0 radical (unpaired) electrons. The smallest absolute Gasteiger partial charge is 0.296 e. The lowest BCUT2D eigenvalue weighted by molar-refractivity contribution is 0.00578. The van der Waals surface area contributed by atoms with Crippen LogP contribution in [0.5, 0.6) is 0 Å². The summed E-state index contributed by atoms with van der Waals surface area (Å²) in [5.74, 6) is 2.99. The topological polar surface area (TPSA) is 71.1 Å². The summed E-state index contributed by atoms with van der Waals surface area (Å²) in [5, 5.41) is 0. The molecule has 2 aliphatic rings. The first-order valence-corrected chi connectivity index (χ1v) is 13.2. The van der Waals surface area contributed by atoms with E-state index >= 15 is 0 Å². The molecule has 2 saturated heterocycles. The second-order valence-corrected chi connectivity index (χ2v) is 13.3. The van der Waals surface area contributed by atoms with Gasteiger partial charge in [-0.25, -0.2) is 0 Å². The lowest BCUT2D eigenvalue weighted by Crippen LogP contribution is -2.41. The predicted molar refractivity (Wildman–Crippen MR) is 120 cm³/mol. The van der Waals surface area contributed by atoms with Crippen LogP contribution in [-0.2, 0) is 27.2 Å². The normalized spacial score (nSPS) is 27.7. The Bertz CT molecular complexity index is 851. The molecule has 2 heterocycles. The molecule has 0 bridgehead atoms. The number of hydrogen-bond acceptors (Lipinski definition) is 6. The van der Waals surface area contributed by atoms with Crippen LogP contribution in [0, 0.1) is 0 Å². The molecule has 0 aliphatic carbocycles. The van der Waals surface area contributed by atoms with Crippen molar-refractivity contribution in [2.75, 3.05) is 0 Å². The maximum atomic E-state index is 12.9. The van der Waals surface area contributed by atoms with E-state index in [1.807, 2.05) is 79.7 Å². The summed E-state index contributed by atoms with van der Waals surface area (Å²) in [5.41, 5.74) is -0.892. The van der Waals surface area contributed by atoms with Gasteiger partial charge in [-0.1, -0.05) is 24.3 Å². The molecule has 8 heteroatoms. The standard InChI is InChI=1S/C22H32O6P2/c1-19(2)20(3,4)26-29(23,25-19)15-13-17-9-11-18(12-10-17)14-16-30(24)27-21(5,6)22(7,8)28-30/h9-16H,1-8H3/b15-13+,16-14+. The minimum Gasteiger partial charge on any atom is -0.296 e. The zero-order valence-corrected chi connectivity index (χ0v) is 20.8. The van der Waals surface area contributed by atoms with E-state index in [2.05, 4.69) is 0 Å². The highest BCUT2D eigenvalue weighted by Gasteiger charge is 2.55. The largest absolute Gasteiger partial charge is 0.355 e. The minimum atomic E-state index is -3.32. The van der Waals surface area contributed by atoms with Crippen molar-refractivity contribution in [1.82, 2.24) is 0 Å². The van der Waals surface area contributed by atoms with Gasteiger partial charge in [0.05, 0.1) is 0 Å². The zero-order valence-electron chi connectivity index (χ0n) is 19.0. The quantitative estimate of drug-likeness (QED) is 0.447. The van der Waals surface area contributed by atoms with Gasteiger partial charge in [-0.3, -0.25) is 27.2 Å². The summed E-state index contributed by atoms with van der Waals surface area (Å²) < 4.78 is 48.6. The number of hydrogen-bond donors (Lipinski definition) is 0. The van der Waals surface area contributed by atoms with Gasteiger partial charge in [-0.05, 0) is 78.7 Å². The molecule has 2 fully saturated rings. The maximum Gasteiger partial charge on any atom is 0.355 e. The number of rotatable bonds is 4. The van der Waals surface area contributed by atoms with Crippen molar-refractivity contribution in [1.29, 1.82) is 0 Å². The van der Waals surface area contributed by atoms with Crippen LogP contribution in [0.1, 0.15) is 66.5 Å². The first-order valence-electron chi connectivity index (χ1n) is 9.99. The van der Waals surface area contributed by atoms with Crippen molar-refractivity contribution in [3.63, 3.8) is 0 Å². The van der Waals surface area contributed by atoms with E-state index in [0.29, 0.717) is 0 Å². The second-order valence-electron chi connectivity index (χ2n) is 9.78. The third-order valence-corrected chi connectivity index (χ3v) is 10.0. The Morgan fingerprint density at radius 1 is 0.567 bits per heavy atom. The van der Waals surface area contributed by atoms with E-state index in [-0.39, 0.29) is 0 Å². The van der Waals surface area contributed by atoms with Gasteiger partial charge in [-0.2, -0.15) is 0 Å². The first kappa shape index (κ1) is 23.7. The molecule has 30 heavy (non-hydrogen) atoms. The van der Waals surface area contributed by atoms with E-state index in [1.54, 1.807) is 12.2 Å². The van der Waals surface area contributed by atoms with Gasteiger partial charge in [0.1, 0.15) is 22.4 Å². The Kier molecular flexibility index (Phi) is 5.73. The van der Waals surface area contributed by atoms with Crippen LogP contribution in [0.3, 0.4) is 0 Å². The van der Waals surface area contributed by atoms with E-state index in [4.69, 9.17) is 18.1 Å². The van der Waals surface area contributed by atoms with Gasteiger partial charge < -0.3 is 0 Å². The Hall–Kier alpha value is -1.00. The maximum absolute atomic E-state index is 12.9. The molecular formula is C22H32O6P2. The van der Waals surface area contributed by atoms with Crippen molar-refractivity contribution >= 4 is 27.3 Å². The molecule has 1 aromatic rings. The molecule has 0 aromatic heterocycles. The Balaban J connectivity index is 1.69. The van der Waals surface area contributed by atoms with E-state index in [9.17, 15) is 9.13 Å². The zero-order chi connectivity index (χ0) is 22.6.